The van der Waals surface area contributed by atoms with E-state index in [4.69, 9.17) is 0 Å². The van der Waals surface area contributed by atoms with Crippen LogP contribution in [0.3, 0.4) is 0 Å². The molecule has 0 fully saturated rings. The van der Waals surface area contributed by atoms with Crippen molar-refractivity contribution in [1.29, 1.82) is 0 Å². The maximum atomic E-state index is 14.7. The summed E-state index contributed by atoms with van der Waals surface area (Å²) in [5.74, 6) is -1.25. The molecule has 3 aromatic carbocycles. The maximum absolute atomic E-state index is 14.7. The monoisotopic (exact) mass is 366 g/mol. The zero-order valence-electron chi connectivity index (χ0n) is 15.4. The maximum Gasteiger partial charge on any atom is 0.170 e. The third kappa shape index (κ3) is 3.75. The van der Waals surface area contributed by atoms with Gasteiger partial charge in [0.2, 0.25) is 0 Å². The molecular formula is C23H20F2O2. The van der Waals surface area contributed by atoms with Crippen molar-refractivity contribution < 1.29 is 18.7 Å². The fraction of sp³-hybridized carbons (Fsp3) is 0.174. The Labute approximate surface area is 157 Å². The molecule has 4 heteroatoms. The SMILES string of the molecule is Cc1cc(-c2cccc(F)c2)cc(C(=O)Cc2c(C)ccc(O)c2C)c1F. The third-order valence-electron chi connectivity index (χ3n) is 4.85. The van der Waals surface area contributed by atoms with E-state index in [1.807, 2.05) is 6.92 Å². The number of benzene rings is 3. The van der Waals surface area contributed by atoms with Crippen molar-refractivity contribution in [1.82, 2.24) is 0 Å². The van der Waals surface area contributed by atoms with E-state index in [-0.39, 0.29) is 23.5 Å². The molecule has 0 aliphatic heterocycles. The Balaban J connectivity index is 2.04. The van der Waals surface area contributed by atoms with Crippen molar-refractivity contribution >= 4 is 5.78 Å². The zero-order chi connectivity index (χ0) is 19.7. The van der Waals surface area contributed by atoms with Gasteiger partial charge in [-0.2, -0.15) is 0 Å². The number of hydrogen-bond acceptors (Lipinski definition) is 2. The molecule has 0 saturated carbocycles. The first-order valence-electron chi connectivity index (χ1n) is 8.65. The van der Waals surface area contributed by atoms with Crippen molar-refractivity contribution in [3.8, 4) is 16.9 Å². The molecule has 0 radical (unpaired) electrons. The molecular weight excluding hydrogens is 346 g/mol. The lowest BCUT2D eigenvalue weighted by molar-refractivity contribution is 0.0988. The third-order valence-corrected chi connectivity index (χ3v) is 4.85. The summed E-state index contributed by atoms with van der Waals surface area (Å²) in [6, 6.07) is 12.4. The van der Waals surface area contributed by atoms with Crippen molar-refractivity contribution in [2.75, 3.05) is 0 Å². The molecule has 0 saturated heterocycles. The zero-order valence-corrected chi connectivity index (χ0v) is 15.4. The Morgan fingerprint density at radius 2 is 1.67 bits per heavy atom. The molecule has 0 amide bonds. The second-order valence-corrected chi connectivity index (χ2v) is 6.77. The summed E-state index contributed by atoms with van der Waals surface area (Å²) >= 11 is 0. The largest absolute Gasteiger partial charge is 0.508 e. The molecule has 1 N–H and O–H groups in total. The Morgan fingerprint density at radius 1 is 0.926 bits per heavy atom. The Kier molecular flexibility index (Phi) is 5.08. The van der Waals surface area contributed by atoms with E-state index in [9.17, 15) is 18.7 Å². The highest BCUT2D eigenvalue weighted by Crippen LogP contribution is 2.28. The Morgan fingerprint density at radius 3 is 2.37 bits per heavy atom. The van der Waals surface area contributed by atoms with Gasteiger partial charge in [0.05, 0.1) is 5.56 Å². The topological polar surface area (TPSA) is 37.3 Å². The normalized spacial score (nSPS) is 10.9. The first-order chi connectivity index (χ1) is 12.8. The van der Waals surface area contributed by atoms with Gasteiger partial charge in [0.15, 0.2) is 5.78 Å². The number of Topliss-reactive ketones (excluding diaryl/α,β-unsaturated/α-hetero) is 1. The minimum atomic E-state index is -0.574. The van der Waals surface area contributed by atoms with E-state index in [0.29, 0.717) is 27.8 Å². The van der Waals surface area contributed by atoms with Crippen molar-refractivity contribution in [2.24, 2.45) is 0 Å². The van der Waals surface area contributed by atoms with E-state index in [1.165, 1.54) is 18.2 Å². The van der Waals surface area contributed by atoms with Crippen LogP contribution in [0.5, 0.6) is 5.75 Å². The molecule has 3 rings (SSSR count). The highest BCUT2D eigenvalue weighted by Gasteiger charge is 2.19. The van der Waals surface area contributed by atoms with Crippen LogP contribution in [0.25, 0.3) is 11.1 Å². The lowest BCUT2D eigenvalue weighted by Gasteiger charge is -2.13. The number of aromatic hydroxyl groups is 1. The van der Waals surface area contributed by atoms with Crippen LogP contribution in [0.1, 0.15) is 32.6 Å². The summed E-state index contributed by atoms with van der Waals surface area (Å²) in [6.45, 7) is 5.16. The average Bonchev–Trinajstić information content (AvgIpc) is 2.64. The van der Waals surface area contributed by atoms with Gasteiger partial charge in [0.25, 0.3) is 0 Å². The van der Waals surface area contributed by atoms with Gasteiger partial charge < -0.3 is 5.11 Å². The van der Waals surface area contributed by atoms with E-state index in [1.54, 1.807) is 44.2 Å². The first kappa shape index (κ1) is 18.8. The summed E-state index contributed by atoms with van der Waals surface area (Å²) in [4.78, 5) is 12.9. The van der Waals surface area contributed by atoms with E-state index in [0.717, 1.165) is 5.56 Å². The van der Waals surface area contributed by atoms with Crippen LogP contribution < -0.4 is 0 Å². The minimum Gasteiger partial charge on any atom is -0.508 e. The summed E-state index contributed by atoms with van der Waals surface area (Å²) < 4.78 is 28.2. The number of ketones is 1. The second-order valence-electron chi connectivity index (χ2n) is 6.77. The predicted molar refractivity (Wildman–Crippen MR) is 102 cm³/mol. The molecule has 0 atom stereocenters. The van der Waals surface area contributed by atoms with Crippen LogP contribution in [0, 0.1) is 32.4 Å². The van der Waals surface area contributed by atoms with Gasteiger partial charge in [-0.1, -0.05) is 18.2 Å². The second kappa shape index (κ2) is 7.31. The number of halogens is 2. The summed E-state index contributed by atoms with van der Waals surface area (Å²) in [6.07, 6.45) is -0.0188. The smallest absolute Gasteiger partial charge is 0.170 e. The summed E-state index contributed by atoms with van der Waals surface area (Å²) in [5.41, 5.74) is 3.62. The van der Waals surface area contributed by atoms with Crippen LogP contribution >= 0.6 is 0 Å². The highest BCUT2D eigenvalue weighted by molar-refractivity contribution is 5.99. The lowest BCUT2D eigenvalue weighted by Crippen LogP contribution is -2.10. The van der Waals surface area contributed by atoms with E-state index < -0.39 is 11.6 Å². The Hall–Kier alpha value is -3.01. The first-order valence-corrected chi connectivity index (χ1v) is 8.65. The van der Waals surface area contributed by atoms with Gasteiger partial charge in [-0.3, -0.25) is 4.79 Å². The molecule has 2 nitrogen and oxygen atoms in total. The van der Waals surface area contributed by atoms with Gasteiger partial charge in [-0.25, -0.2) is 8.78 Å². The lowest BCUT2D eigenvalue weighted by atomic mass is 9.92. The van der Waals surface area contributed by atoms with Crippen molar-refractivity contribution in [3.63, 3.8) is 0 Å². The summed E-state index contributed by atoms with van der Waals surface area (Å²) in [5, 5.41) is 9.90. The molecule has 0 unspecified atom stereocenters. The molecule has 0 heterocycles. The molecule has 3 aromatic rings. The molecule has 0 aliphatic carbocycles. The van der Waals surface area contributed by atoms with Crippen molar-refractivity contribution in [3.05, 3.63) is 88.0 Å². The highest BCUT2D eigenvalue weighted by atomic mass is 19.1. The fourth-order valence-electron chi connectivity index (χ4n) is 3.21. The van der Waals surface area contributed by atoms with Gasteiger partial charge >= 0.3 is 0 Å². The molecule has 138 valence electrons. The standard InChI is InChI=1S/C23H20F2O2/c1-13-7-8-21(26)15(3)19(13)12-22(27)20-11-17(9-14(2)23(20)25)16-5-4-6-18(24)10-16/h4-11,26H,12H2,1-3H3. The predicted octanol–water partition coefficient (Wildman–Crippen LogP) is 5.69. The number of phenols is 1. The number of carbonyl (C=O) groups excluding carboxylic acids is 1. The van der Waals surface area contributed by atoms with Crippen LogP contribution in [-0.4, -0.2) is 10.9 Å². The quantitative estimate of drug-likeness (QED) is 0.603. The van der Waals surface area contributed by atoms with E-state index in [2.05, 4.69) is 0 Å². The molecule has 0 spiro atoms. The molecule has 0 bridgehead atoms. The van der Waals surface area contributed by atoms with Gasteiger partial charge in [0.1, 0.15) is 17.4 Å². The minimum absolute atomic E-state index is 0.0188. The number of rotatable bonds is 4. The number of aryl methyl sites for hydroxylation is 2. The van der Waals surface area contributed by atoms with Crippen molar-refractivity contribution in [2.45, 2.75) is 27.2 Å². The fourth-order valence-corrected chi connectivity index (χ4v) is 3.21. The van der Waals surface area contributed by atoms with Crippen LogP contribution in [0.2, 0.25) is 0 Å². The summed E-state index contributed by atoms with van der Waals surface area (Å²) in [7, 11) is 0. The van der Waals surface area contributed by atoms with Crippen LogP contribution in [0.4, 0.5) is 8.78 Å². The van der Waals surface area contributed by atoms with Crippen LogP contribution in [0.15, 0.2) is 48.5 Å². The van der Waals surface area contributed by atoms with Gasteiger partial charge in [-0.05, 0) is 84.5 Å². The Bertz CT molecular complexity index is 1040. The number of carbonyl (C=O) groups is 1. The number of hydrogen-bond donors (Lipinski definition) is 1. The molecule has 0 aliphatic rings. The van der Waals surface area contributed by atoms with Gasteiger partial charge in [0, 0.05) is 6.42 Å². The number of phenolic OH excluding ortho intramolecular Hbond substituents is 1. The molecule has 27 heavy (non-hydrogen) atoms. The van der Waals surface area contributed by atoms with Crippen LogP contribution in [-0.2, 0) is 6.42 Å². The van der Waals surface area contributed by atoms with E-state index >= 15 is 0 Å². The van der Waals surface area contributed by atoms with Gasteiger partial charge in [-0.15, -0.1) is 0 Å². The molecule has 0 aromatic heterocycles. The average molecular weight is 366 g/mol.